The zero-order valence-corrected chi connectivity index (χ0v) is 12.2. The smallest absolute Gasteiger partial charge is 0.343 e. The molecule has 2 rings (SSSR count). The number of nitro benzene ring substituents is 1. The van der Waals surface area contributed by atoms with Crippen LogP contribution < -0.4 is 0 Å². The van der Waals surface area contributed by atoms with Gasteiger partial charge < -0.3 is 15.2 Å². The van der Waals surface area contributed by atoms with E-state index in [4.69, 9.17) is 0 Å². The number of aliphatic hydroxyl groups excluding tert-OH is 1. The van der Waals surface area contributed by atoms with Crippen molar-refractivity contribution in [2.75, 3.05) is 0 Å². The molecule has 1 heterocycles. The number of nitrogens with zero attached hydrogens (tertiary/aromatic N) is 4. The molecule has 0 aliphatic rings. The first-order chi connectivity index (χ1) is 10.9. The van der Waals surface area contributed by atoms with Gasteiger partial charge in [0.15, 0.2) is 0 Å². The van der Waals surface area contributed by atoms with Gasteiger partial charge in [-0.1, -0.05) is 0 Å². The lowest BCUT2D eigenvalue weighted by Gasteiger charge is -2.04. The zero-order chi connectivity index (χ0) is 17.0. The fourth-order valence-electron chi connectivity index (χ4n) is 1.99. The van der Waals surface area contributed by atoms with Crippen molar-refractivity contribution in [1.29, 1.82) is 0 Å². The molecule has 1 unspecified atom stereocenters. The van der Waals surface area contributed by atoms with Gasteiger partial charge in [0.25, 0.3) is 5.69 Å². The Morgan fingerprint density at radius 2 is 1.87 bits per heavy atom. The van der Waals surface area contributed by atoms with Crippen molar-refractivity contribution in [2.45, 2.75) is 19.6 Å². The van der Waals surface area contributed by atoms with E-state index in [1.54, 1.807) is 24.3 Å². The second kappa shape index (κ2) is 6.79. The summed E-state index contributed by atoms with van der Waals surface area (Å²) in [5, 5.41) is 31.0. The SMILES string of the molecule is CC(O)Cn1c([N+](=O)[O-])cnc1/C=C/c1ccc([N+](=O)[O-])cc1. The lowest BCUT2D eigenvalue weighted by Crippen LogP contribution is -2.14. The maximum absolute atomic E-state index is 11.0. The van der Waals surface area contributed by atoms with E-state index in [9.17, 15) is 25.3 Å². The number of benzene rings is 1. The van der Waals surface area contributed by atoms with Crippen LogP contribution in [0.15, 0.2) is 30.5 Å². The van der Waals surface area contributed by atoms with Crippen LogP contribution in [0.1, 0.15) is 18.3 Å². The maximum Gasteiger partial charge on any atom is 0.343 e. The summed E-state index contributed by atoms with van der Waals surface area (Å²) >= 11 is 0. The van der Waals surface area contributed by atoms with Crippen molar-refractivity contribution < 1.29 is 15.0 Å². The number of aliphatic hydroxyl groups is 1. The van der Waals surface area contributed by atoms with Crippen molar-refractivity contribution >= 4 is 23.7 Å². The molecule has 0 radical (unpaired) electrons. The van der Waals surface area contributed by atoms with Crippen LogP contribution in [0.4, 0.5) is 11.5 Å². The first-order valence-electron chi connectivity index (χ1n) is 6.69. The molecule has 0 saturated carbocycles. The third-order valence-corrected chi connectivity index (χ3v) is 3.03. The molecule has 0 aliphatic heterocycles. The fourth-order valence-corrected chi connectivity index (χ4v) is 1.99. The highest BCUT2D eigenvalue weighted by Crippen LogP contribution is 2.18. The first-order valence-corrected chi connectivity index (χ1v) is 6.69. The molecule has 120 valence electrons. The average molecular weight is 318 g/mol. The van der Waals surface area contributed by atoms with Crippen LogP contribution in [0.3, 0.4) is 0 Å². The Labute approximate surface area is 130 Å². The number of rotatable bonds is 6. The second-order valence-corrected chi connectivity index (χ2v) is 4.87. The molecule has 1 atom stereocenters. The largest absolute Gasteiger partial charge is 0.389 e. The van der Waals surface area contributed by atoms with Crippen LogP contribution in [0.5, 0.6) is 0 Å². The first kappa shape index (κ1) is 16.3. The van der Waals surface area contributed by atoms with Crippen LogP contribution in [-0.4, -0.2) is 30.6 Å². The quantitative estimate of drug-likeness (QED) is 0.643. The van der Waals surface area contributed by atoms with E-state index in [0.29, 0.717) is 11.4 Å². The zero-order valence-electron chi connectivity index (χ0n) is 12.2. The fraction of sp³-hybridized carbons (Fsp3) is 0.214. The molecule has 0 spiro atoms. The lowest BCUT2D eigenvalue weighted by atomic mass is 10.2. The Kier molecular flexibility index (Phi) is 4.82. The summed E-state index contributed by atoms with van der Waals surface area (Å²) in [4.78, 5) is 24.5. The Morgan fingerprint density at radius 1 is 1.22 bits per heavy atom. The Balaban J connectivity index is 2.28. The van der Waals surface area contributed by atoms with Crippen LogP contribution in [0, 0.1) is 20.2 Å². The standard InChI is InChI=1S/C14H14N4O5/c1-10(19)9-16-13(15-8-14(16)18(22)23)7-4-11-2-5-12(6-3-11)17(20)21/h2-8,10,19H,9H2,1H3/b7-4+. The molecule has 1 aromatic carbocycles. The van der Waals surface area contributed by atoms with E-state index < -0.39 is 16.0 Å². The van der Waals surface area contributed by atoms with Crippen LogP contribution >= 0.6 is 0 Å². The minimum Gasteiger partial charge on any atom is -0.389 e. The second-order valence-electron chi connectivity index (χ2n) is 4.87. The molecule has 0 aliphatic carbocycles. The van der Waals surface area contributed by atoms with E-state index >= 15 is 0 Å². The van der Waals surface area contributed by atoms with Gasteiger partial charge in [-0.2, -0.15) is 0 Å². The minimum absolute atomic E-state index is 0.0200. The molecular formula is C14H14N4O5. The third-order valence-electron chi connectivity index (χ3n) is 3.03. The van der Waals surface area contributed by atoms with E-state index in [2.05, 4.69) is 4.98 Å². The molecule has 0 fully saturated rings. The summed E-state index contributed by atoms with van der Waals surface area (Å²) in [7, 11) is 0. The molecule has 0 bridgehead atoms. The average Bonchev–Trinajstić information content (AvgIpc) is 2.87. The molecule has 9 nitrogen and oxygen atoms in total. The van der Waals surface area contributed by atoms with E-state index in [1.165, 1.54) is 23.6 Å². The van der Waals surface area contributed by atoms with Crippen molar-refractivity contribution in [3.8, 4) is 0 Å². The predicted octanol–water partition coefficient (Wildman–Crippen LogP) is 2.25. The number of aromatic nitrogens is 2. The van der Waals surface area contributed by atoms with Crippen molar-refractivity contribution in [3.05, 3.63) is 62.1 Å². The number of non-ortho nitro benzene ring substituents is 1. The lowest BCUT2D eigenvalue weighted by molar-refractivity contribution is -0.392. The molecule has 0 amide bonds. The molecule has 0 saturated heterocycles. The van der Waals surface area contributed by atoms with Gasteiger partial charge in [-0.15, -0.1) is 0 Å². The summed E-state index contributed by atoms with van der Waals surface area (Å²) in [6.45, 7) is 1.56. The van der Waals surface area contributed by atoms with Gasteiger partial charge in [0.05, 0.1) is 11.0 Å². The van der Waals surface area contributed by atoms with Crippen molar-refractivity contribution in [1.82, 2.24) is 9.55 Å². The normalized spacial score (nSPS) is 12.4. The number of hydrogen-bond acceptors (Lipinski definition) is 6. The van der Waals surface area contributed by atoms with Crippen molar-refractivity contribution in [3.63, 3.8) is 0 Å². The third kappa shape index (κ3) is 3.98. The highest BCUT2D eigenvalue weighted by Gasteiger charge is 2.19. The topological polar surface area (TPSA) is 124 Å². The van der Waals surface area contributed by atoms with Crippen LogP contribution in [0.2, 0.25) is 0 Å². The summed E-state index contributed by atoms with van der Waals surface area (Å²) in [6.07, 6.45) is 3.54. The molecule has 23 heavy (non-hydrogen) atoms. The summed E-state index contributed by atoms with van der Waals surface area (Å²) in [6, 6.07) is 5.85. The Hall–Kier alpha value is -3.07. The van der Waals surface area contributed by atoms with Crippen molar-refractivity contribution in [2.24, 2.45) is 0 Å². The van der Waals surface area contributed by atoms with Gasteiger partial charge in [-0.25, -0.2) is 9.55 Å². The molecular weight excluding hydrogens is 304 g/mol. The minimum atomic E-state index is -0.769. The summed E-state index contributed by atoms with van der Waals surface area (Å²) < 4.78 is 1.30. The van der Waals surface area contributed by atoms with E-state index in [-0.39, 0.29) is 18.1 Å². The Morgan fingerprint density at radius 3 is 2.39 bits per heavy atom. The number of imidazole rings is 1. The van der Waals surface area contributed by atoms with Gasteiger partial charge in [0.2, 0.25) is 5.82 Å². The van der Waals surface area contributed by atoms with Crippen LogP contribution in [-0.2, 0) is 6.54 Å². The van der Waals surface area contributed by atoms with E-state index in [0.717, 1.165) is 6.20 Å². The highest BCUT2D eigenvalue weighted by molar-refractivity contribution is 5.67. The predicted molar refractivity (Wildman–Crippen MR) is 82.6 cm³/mol. The summed E-state index contributed by atoms with van der Waals surface area (Å²) in [5.74, 6) is 0.102. The van der Waals surface area contributed by atoms with Gasteiger partial charge >= 0.3 is 5.82 Å². The van der Waals surface area contributed by atoms with Gasteiger partial charge in [0.1, 0.15) is 12.7 Å². The number of nitro groups is 2. The van der Waals surface area contributed by atoms with E-state index in [1.807, 2.05) is 0 Å². The Bertz CT molecular complexity index is 749. The molecule has 2 aromatic rings. The van der Waals surface area contributed by atoms with Gasteiger partial charge in [0, 0.05) is 18.2 Å². The van der Waals surface area contributed by atoms with Crippen LogP contribution in [0.25, 0.3) is 12.2 Å². The maximum atomic E-state index is 11.0. The summed E-state index contributed by atoms with van der Waals surface area (Å²) in [5.41, 5.74) is 0.665. The number of hydrogen-bond donors (Lipinski definition) is 1. The van der Waals surface area contributed by atoms with Gasteiger partial charge in [-0.3, -0.25) is 10.1 Å². The highest BCUT2D eigenvalue weighted by atomic mass is 16.6. The molecule has 1 aromatic heterocycles. The monoisotopic (exact) mass is 318 g/mol. The molecule has 9 heteroatoms. The van der Waals surface area contributed by atoms with Gasteiger partial charge in [-0.05, 0) is 35.6 Å². The molecule has 1 N–H and O–H groups in total.